The van der Waals surface area contributed by atoms with Gasteiger partial charge in [-0.1, -0.05) is 0 Å². The van der Waals surface area contributed by atoms with Crippen LogP contribution >= 0.6 is 0 Å². The second-order valence-corrected chi connectivity index (χ2v) is 7.22. The molecule has 2 aromatic rings. The fraction of sp³-hybridized carbons (Fsp3) is 0.600. The maximum absolute atomic E-state index is 12.6. The number of carbonyl (C=O) groups excluding carboxylic acids is 2. The number of piperidine rings is 1. The number of nitrogens with zero attached hydrogens (tertiary/aromatic N) is 4. The highest BCUT2D eigenvalue weighted by atomic mass is 16.5. The summed E-state index contributed by atoms with van der Waals surface area (Å²) in [5.41, 5.74) is 4.86. The molecule has 1 amide bonds. The third kappa shape index (κ3) is 4.12. The molecule has 0 atom stereocenters. The van der Waals surface area contributed by atoms with Crippen molar-refractivity contribution in [2.24, 2.45) is 5.92 Å². The van der Waals surface area contributed by atoms with E-state index in [1.165, 1.54) is 0 Å². The molecule has 0 aliphatic carbocycles. The molecule has 7 heteroatoms. The SMILES string of the molecule is CCOC(=O)C1CCN(C(=O)CCc2c(C)nc3cc(C)nn3c2C)CC1. The number of amides is 1. The summed E-state index contributed by atoms with van der Waals surface area (Å²) in [7, 11) is 0. The van der Waals surface area contributed by atoms with Crippen molar-refractivity contribution in [3.8, 4) is 0 Å². The van der Waals surface area contributed by atoms with E-state index in [-0.39, 0.29) is 17.8 Å². The standard InChI is InChI=1S/C20H28N4O3/c1-5-27-20(26)16-8-10-23(11-9-16)19(25)7-6-17-14(3)21-18-12-13(2)22-24(18)15(17)4/h12,16H,5-11H2,1-4H3. The fourth-order valence-electron chi connectivity index (χ4n) is 3.82. The predicted octanol–water partition coefficient (Wildman–Crippen LogP) is 2.39. The van der Waals surface area contributed by atoms with Crippen LogP contribution in [0.25, 0.3) is 5.65 Å². The lowest BCUT2D eigenvalue weighted by molar-refractivity contribution is -0.151. The predicted molar refractivity (Wildman–Crippen MR) is 101 cm³/mol. The Kier molecular flexibility index (Phi) is 5.77. The molecule has 0 radical (unpaired) electrons. The van der Waals surface area contributed by atoms with Crippen LogP contribution in [-0.2, 0) is 20.7 Å². The van der Waals surface area contributed by atoms with Gasteiger partial charge in [0, 0.05) is 37.0 Å². The van der Waals surface area contributed by atoms with Crippen LogP contribution in [0.15, 0.2) is 6.07 Å². The van der Waals surface area contributed by atoms with E-state index in [1.807, 2.05) is 43.2 Å². The molecule has 0 aromatic carbocycles. The molecule has 3 rings (SSSR count). The molecule has 1 aliphatic heterocycles. The first-order chi connectivity index (χ1) is 12.9. The van der Waals surface area contributed by atoms with E-state index in [0.717, 1.165) is 28.3 Å². The van der Waals surface area contributed by atoms with Crippen molar-refractivity contribution < 1.29 is 14.3 Å². The number of rotatable bonds is 5. The van der Waals surface area contributed by atoms with Crippen LogP contribution in [0.3, 0.4) is 0 Å². The van der Waals surface area contributed by atoms with Crippen LogP contribution in [0.5, 0.6) is 0 Å². The number of hydrogen-bond acceptors (Lipinski definition) is 5. The minimum absolute atomic E-state index is 0.0758. The molecule has 0 spiro atoms. The fourth-order valence-corrected chi connectivity index (χ4v) is 3.82. The molecule has 0 N–H and O–H groups in total. The molecule has 146 valence electrons. The van der Waals surface area contributed by atoms with Gasteiger partial charge in [0.25, 0.3) is 0 Å². The maximum atomic E-state index is 12.6. The maximum Gasteiger partial charge on any atom is 0.309 e. The van der Waals surface area contributed by atoms with Crippen molar-refractivity contribution >= 4 is 17.5 Å². The van der Waals surface area contributed by atoms with Crippen LogP contribution < -0.4 is 0 Å². The smallest absolute Gasteiger partial charge is 0.309 e. The number of esters is 1. The van der Waals surface area contributed by atoms with E-state index in [0.29, 0.717) is 45.4 Å². The molecule has 3 heterocycles. The van der Waals surface area contributed by atoms with Crippen LogP contribution in [-0.4, -0.2) is 51.1 Å². The number of ether oxygens (including phenoxy) is 1. The average molecular weight is 372 g/mol. The first-order valence-corrected chi connectivity index (χ1v) is 9.67. The molecule has 2 aromatic heterocycles. The minimum Gasteiger partial charge on any atom is -0.466 e. The molecule has 0 bridgehead atoms. The Morgan fingerprint density at radius 3 is 2.59 bits per heavy atom. The van der Waals surface area contributed by atoms with Crippen LogP contribution in [0.2, 0.25) is 0 Å². The second kappa shape index (κ2) is 8.06. The molecule has 0 unspecified atom stereocenters. The second-order valence-electron chi connectivity index (χ2n) is 7.22. The minimum atomic E-state index is -0.134. The van der Waals surface area contributed by atoms with Crippen LogP contribution in [0, 0.1) is 26.7 Å². The zero-order valence-electron chi connectivity index (χ0n) is 16.6. The van der Waals surface area contributed by atoms with Crippen molar-refractivity contribution in [2.75, 3.05) is 19.7 Å². The lowest BCUT2D eigenvalue weighted by Crippen LogP contribution is -2.40. The number of hydrogen-bond donors (Lipinski definition) is 0. The molecule has 1 fully saturated rings. The summed E-state index contributed by atoms with van der Waals surface area (Å²) >= 11 is 0. The van der Waals surface area contributed by atoms with Crippen LogP contribution in [0.1, 0.15) is 48.8 Å². The highest BCUT2D eigenvalue weighted by Gasteiger charge is 2.28. The molecule has 1 saturated heterocycles. The lowest BCUT2D eigenvalue weighted by Gasteiger charge is -2.31. The first kappa shape index (κ1) is 19.3. The number of fused-ring (bicyclic) bond motifs is 1. The molecule has 0 saturated carbocycles. The summed E-state index contributed by atoms with van der Waals surface area (Å²) in [5.74, 6) is -0.0780. The molecular weight excluding hydrogens is 344 g/mol. The van der Waals surface area contributed by atoms with Gasteiger partial charge in [-0.25, -0.2) is 9.50 Å². The van der Waals surface area contributed by atoms with Gasteiger partial charge in [-0.15, -0.1) is 0 Å². The van der Waals surface area contributed by atoms with Gasteiger partial charge in [0.2, 0.25) is 5.91 Å². The summed E-state index contributed by atoms with van der Waals surface area (Å²) in [6.45, 7) is 9.43. The van der Waals surface area contributed by atoms with E-state index in [9.17, 15) is 9.59 Å². The van der Waals surface area contributed by atoms with E-state index in [2.05, 4.69) is 10.1 Å². The summed E-state index contributed by atoms with van der Waals surface area (Å²) in [5, 5.41) is 4.49. The normalized spacial score (nSPS) is 15.3. The third-order valence-corrected chi connectivity index (χ3v) is 5.34. The summed E-state index contributed by atoms with van der Waals surface area (Å²) in [6.07, 6.45) is 2.46. The van der Waals surface area contributed by atoms with Crippen molar-refractivity contribution in [1.82, 2.24) is 19.5 Å². The Labute approximate surface area is 159 Å². The largest absolute Gasteiger partial charge is 0.466 e. The quantitative estimate of drug-likeness (QED) is 0.753. The highest BCUT2D eigenvalue weighted by Crippen LogP contribution is 2.21. The summed E-state index contributed by atoms with van der Waals surface area (Å²) in [4.78, 5) is 30.9. The summed E-state index contributed by atoms with van der Waals surface area (Å²) in [6, 6.07) is 1.96. The summed E-state index contributed by atoms with van der Waals surface area (Å²) < 4.78 is 6.94. The van der Waals surface area contributed by atoms with Gasteiger partial charge >= 0.3 is 5.97 Å². The van der Waals surface area contributed by atoms with E-state index < -0.39 is 0 Å². The first-order valence-electron chi connectivity index (χ1n) is 9.67. The third-order valence-electron chi connectivity index (χ3n) is 5.34. The Balaban J connectivity index is 1.60. The topological polar surface area (TPSA) is 76.8 Å². The zero-order chi connectivity index (χ0) is 19.6. The van der Waals surface area contributed by atoms with Gasteiger partial charge in [-0.3, -0.25) is 9.59 Å². The van der Waals surface area contributed by atoms with E-state index >= 15 is 0 Å². The van der Waals surface area contributed by atoms with Gasteiger partial charge in [0.1, 0.15) is 0 Å². The van der Waals surface area contributed by atoms with Crippen molar-refractivity contribution in [1.29, 1.82) is 0 Å². The number of aromatic nitrogens is 3. The van der Waals surface area contributed by atoms with Crippen molar-refractivity contribution in [3.63, 3.8) is 0 Å². The van der Waals surface area contributed by atoms with Gasteiger partial charge in [-0.2, -0.15) is 5.10 Å². The molecule has 7 nitrogen and oxygen atoms in total. The van der Waals surface area contributed by atoms with E-state index in [1.54, 1.807) is 0 Å². The van der Waals surface area contributed by atoms with Gasteiger partial charge < -0.3 is 9.64 Å². The number of aryl methyl sites for hydroxylation is 3. The molecular formula is C20H28N4O3. The van der Waals surface area contributed by atoms with Crippen molar-refractivity contribution in [2.45, 2.75) is 53.4 Å². The molecule has 1 aliphatic rings. The van der Waals surface area contributed by atoms with Gasteiger partial charge in [-0.05, 0) is 52.5 Å². The Hall–Kier alpha value is -2.44. The lowest BCUT2D eigenvalue weighted by atomic mass is 9.96. The number of carbonyl (C=O) groups is 2. The Bertz CT molecular complexity index is 851. The Morgan fingerprint density at radius 2 is 1.93 bits per heavy atom. The van der Waals surface area contributed by atoms with Gasteiger partial charge in [0.15, 0.2) is 5.65 Å². The average Bonchev–Trinajstić information content (AvgIpc) is 3.02. The Morgan fingerprint density at radius 1 is 1.22 bits per heavy atom. The highest BCUT2D eigenvalue weighted by molar-refractivity contribution is 5.77. The van der Waals surface area contributed by atoms with Gasteiger partial charge in [0.05, 0.1) is 18.2 Å². The zero-order valence-corrected chi connectivity index (χ0v) is 16.6. The van der Waals surface area contributed by atoms with Crippen molar-refractivity contribution in [3.05, 3.63) is 28.7 Å². The van der Waals surface area contributed by atoms with E-state index in [4.69, 9.17) is 4.74 Å². The number of likely N-dealkylation sites (tertiary alicyclic amines) is 1. The van der Waals surface area contributed by atoms with Crippen LogP contribution in [0.4, 0.5) is 0 Å². The molecule has 27 heavy (non-hydrogen) atoms. The monoisotopic (exact) mass is 372 g/mol.